The lowest BCUT2D eigenvalue weighted by Gasteiger charge is -2.23. The average molecular weight is 317 g/mol. The highest BCUT2D eigenvalue weighted by molar-refractivity contribution is 5.93. The molecule has 0 saturated carbocycles. The van der Waals surface area contributed by atoms with Crippen molar-refractivity contribution in [3.8, 4) is 0 Å². The van der Waals surface area contributed by atoms with E-state index < -0.39 is 0 Å². The number of carbonyl (C=O) groups excluding carboxylic acids is 1. The highest BCUT2D eigenvalue weighted by atomic mass is 16.3. The number of nitrogens with one attached hydrogen (secondary N) is 1. The van der Waals surface area contributed by atoms with Crippen molar-refractivity contribution in [1.82, 2.24) is 25.0 Å². The van der Waals surface area contributed by atoms with Gasteiger partial charge in [-0.3, -0.25) is 9.69 Å². The van der Waals surface area contributed by atoms with E-state index in [0.717, 1.165) is 31.1 Å². The highest BCUT2D eigenvalue weighted by Crippen LogP contribution is 2.25. The maximum atomic E-state index is 12.1. The molecule has 124 valence electrons. The molecular weight excluding hydrogens is 294 g/mol. The molecular formula is C16H23N5O2. The number of amides is 1. The summed E-state index contributed by atoms with van der Waals surface area (Å²) in [6.07, 6.45) is 4.31. The summed E-state index contributed by atoms with van der Waals surface area (Å²) in [7, 11) is 1.96. The Morgan fingerprint density at radius 1 is 1.57 bits per heavy atom. The van der Waals surface area contributed by atoms with Crippen LogP contribution in [0.1, 0.15) is 41.3 Å². The number of aromatic nitrogens is 3. The lowest BCUT2D eigenvalue weighted by Crippen LogP contribution is -2.32. The van der Waals surface area contributed by atoms with Gasteiger partial charge in [0.1, 0.15) is 24.2 Å². The van der Waals surface area contributed by atoms with Crippen LogP contribution in [0.3, 0.4) is 0 Å². The van der Waals surface area contributed by atoms with E-state index in [2.05, 4.69) is 27.3 Å². The topological polar surface area (TPSA) is 76.2 Å². The van der Waals surface area contributed by atoms with Crippen molar-refractivity contribution in [3.63, 3.8) is 0 Å². The Hall–Kier alpha value is -2.15. The minimum absolute atomic E-state index is 0.0679. The van der Waals surface area contributed by atoms with E-state index in [1.807, 2.05) is 18.5 Å². The van der Waals surface area contributed by atoms with Crippen molar-refractivity contribution in [2.75, 3.05) is 19.6 Å². The molecule has 1 N–H and O–H groups in total. The number of carbonyl (C=O) groups is 1. The Morgan fingerprint density at radius 2 is 2.39 bits per heavy atom. The maximum absolute atomic E-state index is 12.1. The second-order valence-corrected chi connectivity index (χ2v) is 6.28. The summed E-state index contributed by atoms with van der Waals surface area (Å²) in [4.78, 5) is 14.4. The van der Waals surface area contributed by atoms with Gasteiger partial charge in [0.2, 0.25) is 0 Å². The molecule has 1 aliphatic rings. The van der Waals surface area contributed by atoms with Crippen molar-refractivity contribution in [2.24, 2.45) is 13.0 Å². The first-order valence-electron chi connectivity index (χ1n) is 7.96. The first-order valence-corrected chi connectivity index (χ1v) is 7.96. The summed E-state index contributed by atoms with van der Waals surface area (Å²) >= 11 is 0. The monoisotopic (exact) mass is 317 g/mol. The minimum atomic E-state index is -0.0679. The molecule has 3 rings (SSSR count). The Morgan fingerprint density at radius 3 is 3.04 bits per heavy atom. The summed E-state index contributed by atoms with van der Waals surface area (Å²) in [6, 6.07) is 1.99. The molecule has 2 atom stereocenters. The third-order valence-corrected chi connectivity index (χ3v) is 4.53. The fourth-order valence-electron chi connectivity index (χ4n) is 3.12. The molecule has 1 saturated heterocycles. The van der Waals surface area contributed by atoms with Crippen molar-refractivity contribution in [1.29, 1.82) is 0 Å². The molecule has 0 radical (unpaired) electrons. The summed E-state index contributed by atoms with van der Waals surface area (Å²) < 4.78 is 7.13. The fourth-order valence-corrected chi connectivity index (χ4v) is 3.12. The van der Waals surface area contributed by atoms with Gasteiger partial charge in [-0.25, -0.2) is 0 Å². The molecule has 23 heavy (non-hydrogen) atoms. The Labute approximate surface area is 135 Å². The lowest BCUT2D eigenvalue weighted by atomic mass is 10.1. The molecule has 2 aromatic heterocycles. The zero-order chi connectivity index (χ0) is 16.4. The van der Waals surface area contributed by atoms with Crippen molar-refractivity contribution in [2.45, 2.75) is 26.3 Å². The molecule has 2 aromatic rings. The molecule has 2 unspecified atom stereocenters. The summed E-state index contributed by atoms with van der Waals surface area (Å²) in [5.41, 5.74) is 0.588. The van der Waals surface area contributed by atoms with Crippen molar-refractivity contribution in [3.05, 3.63) is 35.8 Å². The van der Waals surface area contributed by atoms with Crippen LogP contribution in [-0.4, -0.2) is 45.2 Å². The van der Waals surface area contributed by atoms with E-state index in [9.17, 15) is 4.79 Å². The molecule has 1 amide bonds. The minimum Gasteiger partial charge on any atom is -0.469 e. The highest BCUT2D eigenvalue weighted by Gasteiger charge is 2.29. The van der Waals surface area contributed by atoms with Crippen molar-refractivity contribution >= 4 is 5.91 Å². The van der Waals surface area contributed by atoms with Crippen LogP contribution >= 0.6 is 0 Å². The zero-order valence-electron chi connectivity index (χ0n) is 13.8. The van der Waals surface area contributed by atoms with Gasteiger partial charge < -0.3 is 14.3 Å². The van der Waals surface area contributed by atoms with Gasteiger partial charge in [0.25, 0.3) is 5.91 Å². The summed E-state index contributed by atoms with van der Waals surface area (Å²) in [5.74, 6) is 2.12. The molecule has 7 nitrogen and oxygen atoms in total. The molecule has 0 aliphatic carbocycles. The predicted octanol–water partition coefficient (Wildman–Crippen LogP) is 1.53. The van der Waals surface area contributed by atoms with Gasteiger partial charge in [-0.2, -0.15) is 0 Å². The molecule has 7 heteroatoms. The molecule has 3 heterocycles. The van der Waals surface area contributed by atoms with Gasteiger partial charge in [0, 0.05) is 20.1 Å². The third kappa shape index (κ3) is 3.44. The number of hydrogen-bond donors (Lipinski definition) is 1. The standard InChI is InChI=1S/C16H23N5O2/c1-11-6-14(9-23-11)16(22)17-7-13-4-5-21(8-13)12(2)15-19-18-10-20(15)3/h6,9-10,12-13H,4-5,7-8H2,1-3H3,(H,17,22). The number of furan rings is 1. The van der Waals surface area contributed by atoms with Crippen LogP contribution in [0, 0.1) is 12.8 Å². The van der Waals surface area contributed by atoms with Crippen LogP contribution in [0.4, 0.5) is 0 Å². The van der Waals surface area contributed by atoms with Gasteiger partial charge in [-0.15, -0.1) is 10.2 Å². The number of hydrogen-bond acceptors (Lipinski definition) is 5. The fraction of sp³-hybridized carbons (Fsp3) is 0.562. The van der Waals surface area contributed by atoms with E-state index in [1.165, 1.54) is 6.26 Å². The van der Waals surface area contributed by atoms with E-state index in [1.54, 1.807) is 12.4 Å². The van der Waals surface area contributed by atoms with Gasteiger partial charge >= 0.3 is 0 Å². The second kappa shape index (κ2) is 6.54. The largest absolute Gasteiger partial charge is 0.469 e. The third-order valence-electron chi connectivity index (χ3n) is 4.53. The summed E-state index contributed by atoms with van der Waals surface area (Å²) in [5, 5.41) is 11.1. The van der Waals surface area contributed by atoms with Crippen LogP contribution in [0.25, 0.3) is 0 Å². The van der Waals surface area contributed by atoms with Crippen LogP contribution in [0.5, 0.6) is 0 Å². The van der Waals surface area contributed by atoms with E-state index in [0.29, 0.717) is 18.0 Å². The zero-order valence-corrected chi connectivity index (χ0v) is 13.8. The molecule has 1 fully saturated rings. The first-order chi connectivity index (χ1) is 11.0. The van der Waals surface area contributed by atoms with Gasteiger partial charge in [-0.05, 0) is 38.8 Å². The summed E-state index contributed by atoms with van der Waals surface area (Å²) in [6.45, 7) is 6.64. The average Bonchev–Trinajstić information content (AvgIpc) is 3.25. The van der Waals surface area contributed by atoms with Gasteiger partial charge in [0.05, 0.1) is 11.6 Å². The SMILES string of the molecule is Cc1cc(C(=O)NCC2CCN(C(C)c3nncn3C)C2)co1. The van der Waals surface area contributed by atoms with Crippen LogP contribution < -0.4 is 5.32 Å². The van der Waals surface area contributed by atoms with Gasteiger partial charge in [-0.1, -0.05) is 0 Å². The first kappa shape index (κ1) is 15.7. The van der Waals surface area contributed by atoms with Crippen LogP contribution in [0.15, 0.2) is 23.1 Å². The molecule has 0 aromatic carbocycles. The Kier molecular flexibility index (Phi) is 4.47. The van der Waals surface area contributed by atoms with Crippen LogP contribution in [0.2, 0.25) is 0 Å². The lowest BCUT2D eigenvalue weighted by molar-refractivity contribution is 0.0946. The number of aryl methyl sites for hydroxylation is 2. The van der Waals surface area contributed by atoms with E-state index >= 15 is 0 Å². The van der Waals surface area contributed by atoms with Crippen molar-refractivity contribution < 1.29 is 9.21 Å². The van der Waals surface area contributed by atoms with E-state index in [4.69, 9.17) is 4.42 Å². The Balaban J connectivity index is 1.50. The van der Waals surface area contributed by atoms with E-state index in [-0.39, 0.29) is 11.9 Å². The molecule has 0 bridgehead atoms. The molecule has 0 spiro atoms. The van der Waals surface area contributed by atoms with Gasteiger partial charge in [0.15, 0.2) is 0 Å². The second-order valence-electron chi connectivity index (χ2n) is 6.28. The smallest absolute Gasteiger partial charge is 0.254 e. The number of likely N-dealkylation sites (tertiary alicyclic amines) is 1. The Bertz CT molecular complexity index is 678. The predicted molar refractivity (Wildman–Crippen MR) is 84.9 cm³/mol. The van der Waals surface area contributed by atoms with Crippen LogP contribution in [-0.2, 0) is 7.05 Å². The maximum Gasteiger partial charge on any atom is 0.254 e. The molecule has 1 aliphatic heterocycles. The number of nitrogens with zero attached hydrogens (tertiary/aromatic N) is 4. The number of rotatable bonds is 5. The normalized spacial score (nSPS) is 19.9. The quantitative estimate of drug-likeness (QED) is 0.905.